The third-order valence-corrected chi connectivity index (χ3v) is 3.85. The molecule has 0 aliphatic rings. The van der Waals surface area contributed by atoms with Gasteiger partial charge in [-0.3, -0.25) is 0 Å². The van der Waals surface area contributed by atoms with E-state index < -0.39 is 41.3 Å². The van der Waals surface area contributed by atoms with Crippen molar-refractivity contribution in [2.75, 3.05) is 0 Å². The summed E-state index contributed by atoms with van der Waals surface area (Å²) in [6.07, 6.45) is 11.4. The first kappa shape index (κ1) is 21.4. The Morgan fingerprint density at radius 1 is 0.720 bits per heavy atom. The van der Waals surface area contributed by atoms with Gasteiger partial charge in [-0.2, -0.15) is 0 Å². The second kappa shape index (κ2) is 11.8. The fourth-order valence-corrected chi connectivity index (χ4v) is 2.35. The lowest BCUT2D eigenvalue weighted by Crippen LogP contribution is -2.07. The van der Waals surface area contributed by atoms with E-state index in [4.69, 9.17) is 0 Å². The highest BCUT2D eigenvalue weighted by Crippen LogP contribution is 2.23. The molecule has 0 aromatic heterocycles. The van der Waals surface area contributed by atoms with E-state index >= 15 is 0 Å². The van der Waals surface area contributed by atoms with Crippen LogP contribution in [0, 0.1) is 29.1 Å². The number of unbranched alkanes of at least 4 members (excludes halogenated alkanes) is 8. The molecule has 0 N–H and O–H groups in total. The first-order chi connectivity index (χ1) is 12.0. The van der Waals surface area contributed by atoms with Crippen molar-refractivity contribution in [2.24, 2.45) is 5.16 Å². The van der Waals surface area contributed by atoms with E-state index in [0.29, 0.717) is 6.42 Å². The third-order valence-electron chi connectivity index (χ3n) is 3.85. The molecule has 1 rings (SSSR count). The van der Waals surface area contributed by atoms with Crippen molar-refractivity contribution >= 4 is 6.21 Å². The van der Waals surface area contributed by atoms with Crippen molar-refractivity contribution in [3.8, 4) is 0 Å². The number of nitrogens with zero attached hydrogens (tertiary/aromatic N) is 1. The summed E-state index contributed by atoms with van der Waals surface area (Å²) in [5, 5.41) is 3.49. The van der Waals surface area contributed by atoms with Crippen LogP contribution in [0.5, 0.6) is 0 Å². The molecule has 25 heavy (non-hydrogen) atoms. The molecule has 0 heterocycles. The van der Waals surface area contributed by atoms with Gasteiger partial charge >= 0.3 is 0 Å². The molecular formula is C18H24F5NO. The van der Waals surface area contributed by atoms with E-state index in [1.54, 1.807) is 0 Å². The highest BCUT2D eigenvalue weighted by Gasteiger charge is 2.25. The molecule has 0 saturated carbocycles. The summed E-state index contributed by atoms with van der Waals surface area (Å²) in [7, 11) is 0. The van der Waals surface area contributed by atoms with Gasteiger partial charge in [0, 0.05) is 6.21 Å². The highest BCUT2D eigenvalue weighted by atomic mass is 19.2. The number of rotatable bonds is 12. The van der Waals surface area contributed by atoms with Crippen molar-refractivity contribution in [2.45, 2.75) is 71.3 Å². The maximum atomic E-state index is 13.4. The highest BCUT2D eigenvalue weighted by molar-refractivity contribution is 5.56. The summed E-state index contributed by atoms with van der Waals surface area (Å²) in [5.41, 5.74) is -1.03. The summed E-state index contributed by atoms with van der Waals surface area (Å²) in [5.74, 6) is -9.94. The quantitative estimate of drug-likeness (QED) is 0.105. The van der Waals surface area contributed by atoms with E-state index in [-0.39, 0.29) is 0 Å². The van der Waals surface area contributed by atoms with Gasteiger partial charge in [0.1, 0.15) is 6.61 Å². The van der Waals surface area contributed by atoms with Gasteiger partial charge in [0.15, 0.2) is 23.3 Å². The first-order valence-corrected chi connectivity index (χ1v) is 8.64. The lowest BCUT2D eigenvalue weighted by atomic mass is 10.1. The molecule has 0 aliphatic carbocycles. The van der Waals surface area contributed by atoms with Crippen LogP contribution in [0.2, 0.25) is 0 Å². The van der Waals surface area contributed by atoms with Gasteiger partial charge in [-0.15, -0.1) is 0 Å². The van der Waals surface area contributed by atoms with Crippen LogP contribution in [-0.2, 0) is 11.4 Å². The average molecular weight is 365 g/mol. The van der Waals surface area contributed by atoms with Gasteiger partial charge in [0.05, 0.1) is 5.56 Å². The molecular weight excluding hydrogens is 341 g/mol. The maximum absolute atomic E-state index is 13.4. The van der Waals surface area contributed by atoms with Crippen LogP contribution in [0.1, 0.15) is 70.3 Å². The minimum absolute atomic E-state index is 0.631. The van der Waals surface area contributed by atoms with Gasteiger partial charge in [-0.25, -0.2) is 22.0 Å². The first-order valence-electron chi connectivity index (χ1n) is 8.64. The van der Waals surface area contributed by atoms with Crippen LogP contribution < -0.4 is 0 Å². The second-order valence-electron chi connectivity index (χ2n) is 5.87. The van der Waals surface area contributed by atoms with E-state index in [1.165, 1.54) is 38.3 Å². The average Bonchev–Trinajstić information content (AvgIpc) is 2.61. The molecule has 0 spiro atoms. The van der Waals surface area contributed by atoms with Gasteiger partial charge in [0.25, 0.3) is 0 Å². The molecule has 0 atom stereocenters. The number of hydrogen-bond acceptors (Lipinski definition) is 2. The molecule has 1 aromatic carbocycles. The number of hydrogen-bond donors (Lipinski definition) is 0. The van der Waals surface area contributed by atoms with E-state index in [1.807, 2.05) is 0 Å². The molecule has 0 aliphatic heterocycles. The molecule has 0 saturated heterocycles. The number of halogens is 5. The molecule has 0 unspecified atom stereocenters. The molecule has 1 aromatic rings. The second-order valence-corrected chi connectivity index (χ2v) is 5.87. The maximum Gasteiger partial charge on any atom is 0.200 e. The normalized spacial score (nSPS) is 11.4. The predicted octanol–water partition coefficient (Wildman–Crippen LogP) is 6.42. The summed E-state index contributed by atoms with van der Waals surface area (Å²) >= 11 is 0. The molecule has 7 heteroatoms. The van der Waals surface area contributed by atoms with Crippen LogP contribution in [-0.4, -0.2) is 6.21 Å². The summed E-state index contributed by atoms with van der Waals surface area (Å²) < 4.78 is 65.6. The van der Waals surface area contributed by atoms with E-state index in [0.717, 1.165) is 19.3 Å². The van der Waals surface area contributed by atoms with E-state index in [2.05, 4.69) is 16.9 Å². The molecule has 2 nitrogen and oxygen atoms in total. The smallest absolute Gasteiger partial charge is 0.200 e. The lowest BCUT2D eigenvalue weighted by Gasteiger charge is -2.06. The van der Waals surface area contributed by atoms with Gasteiger partial charge in [0.2, 0.25) is 5.82 Å². The van der Waals surface area contributed by atoms with Crippen molar-refractivity contribution in [1.82, 2.24) is 0 Å². The van der Waals surface area contributed by atoms with Gasteiger partial charge in [-0.05, 0) is 12.8 Å². The van der Waals surface area contributed by atoms with Crippen LogP contribution >= 0.6 is 0 Å². The molecule has 0 radical (unpaired) electrons. The molecule has 0 bridgehead atoms. The molecule has 0 fully saturated rings. The molecule has 142 valence electrons. The fraction of sp³-hybridized carbons (Fsp3) is 0.611. The van der Waals surface area contributed by atoms with E-state index in [9.17, 15) is 22.0 Å². The summed E-state index contributed by atoms with van der Waals surface area (Å²) in [6.45, 7) is 1.35. The lowest BCUT2D eigenvalue weighted by molar-refractivity contribution is 0.124. The summed E-state index contributed by atoms with van der Waals surface area (Å²) in [6, 6.07) is 0. The van der Waals surface area contributed by atoms with Gasteiger partial charge in [-0.1, -0.05) is 57.0 Å². The predicted molar refractivity (Wildman–Crippen MR) is 86.7 cm³/mol. The van der Waals surface area contributed by atoms with Crippen LogP contribution in [0.15, 0.2) is 5.16 Å². The Balaban J connectivity index is 2.24. The Morgan fingerprint density at radius 2 is 1.20 bits per heavy atom. The topological polar surface area (TPSA) is 21.6 Å². The Hall–Kier alpha value is -1.66. The zero-order valence-corrected chi connectivity index (χ0v) is 14.4. The third kappa shape index (κ3) is 7.00. The number of oxime groups is 1. The Bertz CT molecular complexity index is 534. The Morgan fingerprint density at radius 3 is 1.76 bits per heavy atom. The van der Waals surface area contributed by atoms with Crippen molar-refractivity contribution in [1.29, 1.82) is 0 Å². The minimum atomic E-state index is -2.18. The zero-order valence-electron chi connectivity index (χ0n) is 14.4. The van der Waals surface area contributed by atoms with Crippen LogP contribution in [0.3, 0.4) is 0 Å². The Labute approximate surface area is 145 Å². The van der Waals surface area contributed by atoms with Crippen molar-refractivity contribution < 1.29 is 26.8 Å². The minimum Gasteiger partial charge on any atom is -0.391 e. The zero-order chi connectivity index (χ0) is 18.7. The standard InChI is InChI=1S/C18H24F5NO/c1-2-3-4-5-6-7-8-9-10-11-24-25-12-13-14(19)16(21)18(23)17(22)15(13)20/h11H,2-10,12H2,1H3/b24-11+. The number of benzene rings is 1. The Kier molecular flexibility index (Phi) is 10.1. The monoisotopic (exact) mass is 365 g/mol. The van der Waals surface area contributed by atoms with Crippen molar-refractivity contribution in [3.63, 3.8) is 0 Å². The van der Waals surface area contributed by atoms with Gasteiger partial charge < -0.3 is 4.84 Å². The van der Waals surface area contributed by atoms with Crippen molar-refractivity contribution in [3.05, 3.63) is 34.6 Å². The van der Waals surface area contributed by atoms with Crippen LogP contribution in [0.4, 0.5) is 22.0 Å². The SMILES string of the molecule is CCCCCCCCCC/C=N/OCc1c(F)c(F)c(F)c(F)c1F. The van der Waals surface area contributed by atoms with Crippen LogP contribution in [0.25, 0.3) is 0 Å². The molecule has 0 amide bonds. The fourth-order valence-electron chi connectivity index (χ4n) is 2.35. The largest absolute Gasteiger partial charge is 0.391 e. The summed E-state index contributed by atoms with van der Waals surface area (Å²) in [4.78, 5) is 4.64.